The van der Waals surface area contributed by atoms with E-state index in [-0.39, 0.29) is 5.91 Å². The highest BCUT2D eigenvalue weighted by Crippen LogP contribution is 2.47. The maximum Gasteiger partial charge on any atom is 0.241 e. The van der Waals surface area contributed by atoms with Crippen LogP contribution in [0.25, 0.3) is 11.1 Å². The lowest BCUT2D eigenvalue weighted by molar-refractivity contribution is -0.121. The molecule has 0 unspecified atom stereocenters. The summed E-state index contributed by atoms with van der Waals surface area (Å²) in [4.78, 5) is 28.0. The summed E-state index contributed by atoms with van der Waals surface area (Å²) in [5.41, 5.74) is 4.54. The van der Waals surface area contributed by atoms with Gasteiger partial charge in [0, 0.05) is 24.0 Å². The molecule has 0 fully saturated rings. The number of pyridine rings is 1. The molecule has 0 saturated heterocycles. The number of hydrogen-bond acceptors (Lipinski definition) is 5. The number of rotatable bonds is 3. The molecule has 2 aromatic heterocycles. The van der Waals surface area contributed by atoms with Gasteiger partial charge in [-0.05, 0) is 44.9 Å². The van der Waals surface area contributed by atoms with Crippen molar-refractivity contribution in [1.29, 1.82) is 0 Å². The minimum Gasteiger partial charge on any atom is -0.495 e. The first kappa shape index (κ1) is 18.1. The summed E-state index contributed by atoms with van der Waals surface area (Å²) in [6, 6.07) is 7.90. The fourth-order valence-electron chi connectivity index (χ4n) is 3.56. The van der Waals surface area contributed by atoms with E-state index >= 15 is 0 Å². The Balaban J connectivity index is 1.88. The summed E-state index contributed by atoms with van der Waals surface area (Å²) < 4.78 is 5.41. The highest BCUT2D eigenvalue weighted by molar-refractivity contribution is 6.13. The van der Waals surface area contributed by atoms with E-state index in [2.05, 4.69) is 15.0 Å². The van der Waals surface area contributed by atoms with Crippen molar-refractivity contribution in [2.75, 3.05) is 12.0 Å². The van der Waals surface area contributed by atoms with Gasteiger partial charge in [0.05, 0.1) is 35.8 Å². The van der Waals surface area contributed by atoms with Crippen molar-refractivity contribution in [1.82, 2.24) is 15.0 Å². The monoisotopic (exact) mass is 374 g/mol. The Morgan fingerprint density at radius 1 is 0.964 bits per heavy atom. The van der Waals surface area contributed by atoms with Gasteiger partial charge in [0.25, 0.3) is 0 Å². The summed E-state index contributed by atoms with van der Waals surface area (Å²) in [5.74, 6) is 1.38. The number of carbonyl (C=O) groups excluding carboxylic acids is 1. The van der Waals surface area contributed by atoms with Crippen molar-refractivity contribution >= 4 is 17.3 Å². The lowest BCUT2D eigenvalue weighted by Gasteiger charge is -2.21. The third kappa shape index (κ3) is 2.72. The van der Waals surface area contributed by atoms with Gasteiger partial charge in [-0.3, -0.25) is 14.7 Å². The van der Waals surface area contributed by atoms with Gasteiger partial charge in [0.1, 0.15) is 11.6 Å². The molecule has 6 nitrogen and oxygen atoms in total. The van der Waals surface area contributed by atoms with E-state index in [9.17, 15) is 4.79 Å². The number of amides is 1. The Morgan fingerprint density at radius 3 is 2.36 bits per heavy atom. The number of fused-ring (bicyclic) bond motifs is 1. The van der Waals surface area contributed by atoms with Gasteiger partial charge in [-0.1, -0.05) is 12.1 Å². The quantitative estimate of drug-likeness (QED) is 0.690. The highest BCUT2D eigenvalue weighted by atomic mass is 16.5. The molecule has 3 aromatic rings. The van der Waals surface area contributed by atoms with Crippen LogP contribution in [0.15, 0.2) is 42.9 Å². The van der Waals surface area contributed by atoms with Crippen LogP contribution in [0.2, 0.25) is 0 Å². The van der Waals surface area contributed by atoms with Gasteiger partial charge < -0.3 is 4.74 Å². The Kier molecular flexibility index (Phi) is 4.14. The van der Waals surface area contributed by atoms with Gasteiger partial charge in [0.2, 0.25) is 5.91 Å². The van der Waals surface area contributed by atoms with E-state index < -0.39 is 5.41 Å². The van der Waals surface area contributed by atoms with Crippen LogP contribution in [0.4, 0.5) is 11.4 Å². The van der Waals surface area contributed by atoms with Crippen molar-refractivity contribution in [3.8, 4) is 16.9 Å². The van der Waals surface area contributed by atoms with Gasteiger partial charge in [-0.25, -0.2) is 9.97 Å². The second-order valence-corrected chi connectivity index (χ2v) is 7.50. The lowest BCUT2D eigenvalue weighted by Crippen LogP contribution is -2.33. The molecule has 0 atom stereocenters. The predicted octanol–water partition coefficient (Wildman–Crippen LogP) is 4.12. The van der Waals surface area contributed by atoms with Crippen molar-refractivity contribution in [2.24, 2.45) is 0 Å². The van der Waals surface area contributed by atoms with E-state index in [1.807, 2.05) is 52.0 Å². The first-order chi connectivity index (χ1) is 13.3. The molecule has 6 heteroatoms. The number of ether oxygens (including phenoxy) is 1. The van der Waals surface area contributed by atoms with Crippen LogP contribution in [-0.2, 0) is 10.2 Å². The lowest BCUT2D eigenvalue weighted by atomic mass is 9.85. The van der Waals surface area contributed by atoms with Crippen LogP contribution < -0.4 is 9.64 Å². The first-order valence-electron chi connectivity index (χ1n) is 9.11. The predicted molar refractivity (Wildman–Crippen MR) is 108 cm³/mol. The Hall–Kier alpha value is -3.28. The number of aromatic nitrogens is 3. The molecule has 0 saturated carbocycles. The number of nitrogens with zero attached hydrogens (tertiary/aromatic N) is 4. The fraction of sp³-hybridized carbons (Fsp3) is 0.273. The van der Waals surface area contributed by atoms with E-state index in [1.54, 1.807) is 30.6 Å². The number of anilines is 2. The minimum atomic E-state index is -0.629. The average molecular weight is 374 g/mol. The zero-order valence-electron chi connectivity index (χ0n) is 16.6. The minimum absolute atomic E-state index is 0.00696. The molecular formula is C22H22N4O2. The summed E-state index contributed by atoms with van der Waals surface area (Å²) in [6.45, 7) is 7.62. The Morgan fingerprint density at radius 2 is 1.68 bits per heavy atom. The molecular weight excluding hydrogens is 352 g/mol. The molecule has 3 heterocycles. The third-order valence-corrected chi connectivity index (χ3v) is 5.27. The summed E-state index contributed by atoms with van der Waals surface area (Å²) in [5, 5.41) is 0. The van der Waals surface area contributed by atoms with E-state index in [4.69, 9.17) is 4.74 Å². The van der Waals surface area contributed by atoms with E-state index in [0.29, 0.717) is 11.4 Å². The smallest absolute Gasteiger partial charge is 0.241 e. The average Bonchev–Trinajstić information content (AvgIpc) is 2.88. The molecule has 4 rings (SSSR count). The summed E-state index contributed by atoms with van der Waals surface area (Å²) >= 11 is 0. The standard InChI is InChI=1S/C22H22N4O2/c1-13-20(28-5)9-17(12-23-13)26-19-8-15(16-10-24-14(2)25-11-16)6-7-18(19)22(3,4)21(26)27/h6-12H,1-5H3. The van der Waals surface area contributed by atoms with Crippen LogP contribution >= 0.6 is 0 Å². The van der Waals surface area contributed by atoms with Crippen LogP contribution in [0.5, 0.6) is 5.75 Å². The molecule has 28 heavy (non-hydrogen) atoms. The van der Waals surface area contributed by atoms with Gasteiger partial charge in [0.15, 0.2) is 0 Å². The Bertz CT molecular complexity index is 1070. The van der Waals surface area contributed by atoms with Crippen LogP contribution in [0.1, 0.15) is 30.9 Å². The Labute approximate surface area is 164 Å². The van der Waals surface area contributed by atoms with Gasteiger partial charge >= 0.3 is 0 Å². The SMILES string of the molecule is COc1cc(N2C(=O)C(C)(C)c3ccc(-c4cnc(C)nc4)cc32)cnc1C. The molecule has 0 radical (unpaired) electrons. The highest BCUT2D eigenvalue weighted by Gasteiger charge is 2.44. The maximum atomic E-state index is 13.3. The normalized spacial score (nSPS) is 14.9. The molecule has 0 bridgehead atoms. The third-order valence-electron chi connectivity index (χ3n) is 5.27. The van der Waals surface area contributed by atoms with Crippen molar-refractivity contribution < 1.29 is 9.53 Å². The van der Waals surface area contributed by atoms with Gasteiger partial charge in [-0.2, -0.15) is 0 Å². The van der Waals surface area contributed by atoms with Crippen LogP contribution in [0, 0.1) is 13.8 Å². The molecule has 142 valence electrons. The van der Waals surface area contributed by atoms with Crippen molar-refractivity contribution in [3.05, 3.63) is 59.9 Å². The zero-order chi connectivity index (χ0) is 20.1. The largest absolute Gasteiger partial charge is 0.495 e. The number of carbonyl (C=O) groups is 1. The van der Waals surface area contributed by atoms with Crippen molar-refractivity contribution in [2.45, 2.75) is 33.1 Å². The first-order valence-corrected chi connectivity index (χ1v) is 9.11. The molecule has 0 spiro atoms. The number of aryl methyl sites for hydroxylation is 2. The van der Waals surface area contributed by atoms with Crippen molar-refractivity contribution in [3.63, 3.8) is 0 Å². The molecule has 1 amide bonds. The maximum absolute atomic E-state index is 13.3. The number of benzene rings is 1. The molecule has 1 aliphatic rings. The van der Waals surface area contributed by atoms with Crippen LogP contribution in [-0.4, -0.2) is 28.0 Å². The fourth-order valence-corrected chi connectivity index (χ4v) is 3.56. The van der Waals surface area contributed by atoms with Crippen LogP contribution in [0.3, 0.4) is 0 Å². The molecule has 0 aliphatic carbocycles. The summed E-state index contributed by atoms with van der Waals surface area (Å²) in [6.07, 6.45) is 5.31. The van der Waals surface area contributed by atoms with E-state index in [0.717, 1.165) is 33.9 Å². The second-order valence-electron chi connectivity index (χ2n) is 7.50. The second kappa shape index (κ2) is 6.41. The van der Waals surface area contributed by atoms with E-state index in [1.165, 1.54) is 0 Å². The summed E-state index contributed by atoms with van der Waals surface area (Å²) in [7, 11) is 1.60. The number of methoxy groups -OCH3 is 1. The topological polar surface area (TPSA) is 68.2 Å². The molecule has 0 N–H and O–H groups in total. The number of hydrogen-bond donors (Lipinski definition) is 0. The molecule has 1 aliphatic heterocycles. The zero-order valence-corrected chi connectivity index (χ0v) is 16.6. The molecule has 1 aromatic carbocycles. The van der Waals surface area contributed by atoms with Gasteiger partial charge in [-0.15, -0.1) is 0 Å².